The summed E-state index contributed by atoms with van der Waals surface area (Å²) in [6.45, 7) is 2.48. The molecule has 2 aromatic carbocycles. The van der Waals surface area contributed by atoms with E-state index < -0.39 is 5.97 Å². The van der Waals surface area contributed by atoms with Crippen LogP contribution in [0.1, 0.15) is 24.9 Å². The van der Waals surface area contributed by atoms with Crippen LogP contribution in [0.4, 0.5) is 0 Å². The van der Waals surface area contributed by atoms with E-state index in [2.05, 4.69) is 17.4 Å². The summed E-state index contributed by atoms with van der Waals surface area (Å²) in [5.41, 5.74) is 1.05. The van der Waals surface area contributed by atoms with Gasteiger partial charge in [0, 0.05) is 6.54 Å². The van der Waals surface area contributed by atoms with E-state index in [1.165, 1.54) is 5.39 Å². The number of hydrogen-bond acceptors (Lipinski definition) is 3. The molecule has 5 nitrogen and oxygen atoms in total. The highest BCUT2D eigenvalue weighted by molar-refractivity contribution is 5.83. The monoisotopic (exact) mass is 314 g/mol. The van der Waals surface area contributed by atoms with Gasteiger partial charge in [0.15, 0.2) is 0 Å². The van der Waals surface area contributed by atoms with Crippen LogP contribution in [0.15, 0.2) is 42.5 Å². The van der Waals surface area contributed by atoms with Crippen molar-refractivity contribution in [2.24, 2.45) is 0 Å². The number of carbonyl (C=O) groups is 2. The number of likely N-dealkylation sites (N-methyl/N-ethyl adjacent to an activating group) is 1. The van der Waals surface area contributed by atoms with Gasteiger partial charge in [-0.25, -0.2) is 0 Å². The zero-order chi connectivity index (χ0) is 16.8. The summed E-state index contributed by atoms with van der Waals surface area (Å²) < 4.78 is 0. The number of hydrogen-bond donors (Lipinski definition) is 2. The second kappa shape index (κ2) is 7.74. The number of amides is 1. The third-order valence-corrected chi connectivity index (χ3v) is 3.77. The molecule has 0 aliphatic rings. The maximum Gasteiger partial charge on any atom is 0.304 e. The van der Waals surface area contributed by atoms with Crippen molar-refractivity contribution in [1.29, 1.82) is 0 Å². The molecule has 1 unspecified atom stereocenters. The van der Waals surface area contributed by atoms with E-state index in [1.807, 2.05) is 37.3 Å². The molecular formula is C18H22N2O3. The third kappa shape index (κ3) is 5.07. The maximum atomic E-state index is 12.0. The first-order chi connectivity index (χ1) is 11.0. The van der Waals surface area contributed by atoms with E-state index in [-0.39, 0.29) is 24.9 Å². The molecule has 0 heterocycles. The second-order valence-electron chi connectivity index (χ2n) is 5.78. The summed E-state index contributed by atoms with van der Waals surface area (Å²) in [6.07, 6.45) is 0.0318. The van der Waals surface area contributed by atoms with Crippen LogP contribution in [0.25, 0.3) is 10.8 Å². The molecule has 0 aliphatic carbocycles. The highest BCUT2D eigenvalue weighted by Gasteiger charge is 2.12. The van der Waals surface area contributed by atoms with Crippen LogP contribution in [0.2, 0.25) is 0 Å². The predicted molar refractivity (Wildman–Crippen MR) is 90.3 cm³/mol. The fourth-order valence-corrected chi connectivity index (χ4v) is 2.46. The van der Waals surface area contributed by atoms with Crippen molar-refractivity contribution in [1.82, 2.24) is 10.2 Å². The number of aliphatic carboxylic acids is 1. The lowest BCUT2D eigenvalue weighted by Gasteiger charge is -2.19. The predicted octanol–water partition coefficient (Wildman–Crippen LogP) is 2.42. The Kier molecular flexibility index (Phi) is 5.71. The standard InChI is InChI=1S/C18H22N2O3/c1-13(19-17(21)12-20(2)10-9-18(22)23)15-8-7-14-5-3-4-6-16(14)11-15/h3-8,11,13H,9-10,12H2,1-2H3,(H,19,21)(H,22,23). The van der Waals surface area contributed by atoms with Crippen LogP contribution in [0.3, 0.4) is 0 Å². The number of nitrogens with one attached hydrogen (secondary N) is 1. The van der Waals surface area contributed by atoms with E-state index >= 15 is 0 Å². The van der Waals surface area contributed by atoms with Crippen molar-refractivity contribution < 1.29 is 14.7 Å². The number of carboxylic acid groups (broad SMARTS) is 1. The molecule has 23 heavy (non-hydrogen) atoms. The molecule has 0 fully saturated rings. The minimum Gasteiger partial charge on any atom is -0.481 e. The average Bonchev–Trinajstić information content (AvgIpc) is 2.52. The van der Waals surface area contributed by atoms with Crippen molar-refractivity contribution in [3.8, 4) is 0 Å². The molecule has 1 atom stereocenters. The summed E-state index contributed by atoms with van der Waals surface area (Å²) in [5.74, 6) is -0.972. The Labute approximate surface area is 135 Å². The first kappa shape index (κ1) is 17.0. The highest BCUT2D eigenvalue weighted by atomic mass is 16.4. The fourth-order valence-electron chi connectivity index (χ4n) is 2.46. The first-order valence-electron chi connectivity index (χ1n) is 7.64. The average molecular weight is 314 g/mol. The molecule has 122 valence electrons. The lowest BCUT2D eigenvalue weighted by Crippen LogP contribution is -2.37. The number of rotatable bonds is 7. The number of fused-ring (bicyclic) bond motifs is 1. The number of carboxylic acids is 1. The van der Waals surface area contributed by atoms with E-state index in [1.54, 1.807) is 11.9 Å². The Morgan fingerprint density at radius 3 is 2.57 bits per heavy atom. The summed E-state index contributed by atoms with van der Waals surface area (Å²) in [5, 5.41) is 13.9. The Morgan fingerprint density at radius 2 is 1.87 bits per heavy atom. The molecule has 0 radical (unpaired) electrons. The fraction of sp³-hybridized carbons (Fsp3) is 0.333. The normalized spacial score (nSPS) is 12.3. The Bertz CT molecular complexity index is 699. The van der Waals surface area contributed by atoms with Gasteiger partial charge < -0.3 is 10.4 Å². The molecule has 0 bridgehead atoms. The van der Waals surface area contributed by atoms with Gasteiger partial charge in [0.2, 0.25) is 5.91 Å². The lowest BCUT2D eigenvalue weighted by atomic mass is 10.0. The van der Waals surface area contributed by atoms with Gasteiger partial charge in [0.1, 0.15) is 0 Å². The first-order valence-corrected chi connectivity index (χ1v) is 7.64. The molecule has 0 saturated heterocycles. The zero-order valence-corrected chi connectivity index (χ0v) is 13.5. The number of nitrogens with zero attached hydrogens (tertiary/aromatic N) is 1. The van der Waals surface area contributed by atoms with Crippen molar-refractivity contribution in [2.45, 2.75) is 19.4 Å². The van der Waals surface area contributed by atoms with Gasteiger partial charge in [-0.3, -0.25) is 14.5 Å². The van der Waals surface area contributed by atoms with Crippen molar-refractivity contribution in [2.75, 3.05) is 20.1 Å². The van der Waals surface area contributed by atoms with Crippen LogP contribution < -0.4 is 5.32 Å². The molecule has 2 rings (SSSR count). The van der Waals surface area contributed by atoms with Crippen molar-refractivity contribution >= 4 is 22.6 Å². The third-order valence-electron chi connectivity index (χ3n) is 3.77. The van der Waals surface area contributed by atoms with E-state index in [4.69, 9.17) is 5.11 Å². The highest BCUT2D eigenvalue weighted by Crippen LogP contribution is 2.20. The van der Waals surface area contributed by atoms with Crippen LogP contribution >= 0.6 is 0 Å². The summed E-state index contributed by atoms with van der Waals surface area (Å²) in [4.78, 5) is 24.3. The summed E-state index contributed by atoms with van der Waals surface area (Å²) in [7, 11) is 1.74. The SMILES string of the molecule is CC(NC(=O)CN(C)CCC(=O)O)c1ccc2ccccc2c1. The van der Waals surface area contributed by atoms with Gasteiger partial charge >= 0.3 is 5.97 Å². The van der Waals surface area contributed by atoms with E-state index in [0.717, 1.165) is 10.9 Å². The van der Waals surface area contributed by atoms with Crippen LogP contribution in [0, 0.1) is 0 Å². The minimum absolute atomic E-state index is 0.0318. The van der Waals surface area contributed by atoms with Crippen molar-refractivity contribution in [3.05, 3.63) is 48.0 Å². The molecule has 1 amide bonds. The minimum atomic E-state index is -0.859. The van der Waals surface area contributed by atoms with Gasteiger partial charge in [0.05, 0.1) is 19.0 Å². The number of carbonyl (C=O) groups excluding carboxylic acids is 1. The topological polar surface area (TPSA) is 69.6 Å². The summed E-state index contributed by atoms with van der Waals surface area (Å²) >= 11 is 0. The van der Waals surface area contributed by atoms with E-state index in [0.29, 0.717) is 6.54 Å². The van der Waals surface area contributed by atoms with Gasteiger partial charge in [-0.05, 0) is 36.4 Å². The molecule has 2 N–H and O–H groups in total. The molecule has 0 aromatic heterocycles. The zero-order valence-electron chi connectivity index (χ0n) is 13.5. The van der Waals surface area contributed by atoms with Crippen molar-refractivity contribution in [3.63, 3.8) is 0 Å². The quantitative estimate of drug-likeness (QED) is 0.823. The van der Waals surface area contributed by atoms with Gasteiger partial charge in [-0.1, -0.05) is 36.4 Å². The Balaban J connectivity index is 1.93. The van der Waals surface area contributed by atoms with Gasteiger partial charge in [0.25, 0.3) is 0 Å². The summed E-state index contributed by atoms with van der Waals surface area (Å²) in [6, 6.07) is 14.1. The molecule has 0 saturated carbocycles. The van der Waals surface area contributed by atoms with E-state index in [9.17, 15) is 9.59 Å². The molecule has 0 spiro atoms. The van der Waals surface area contributed by atoms with Gasteiger partial charge in [-0.2, -0.15) is 0 Å². The lowest BCUT2D eigenvalue weighted by molar-refractivity contribution is -0.137. The van der Waals surface area contributed by atoms with Gasteiger partial charge in [-0.15, -0.1) is 0 Å². The Hall–Kier alpha value is -2.40. The van der Waals surface area contributed by atoms with Crippen LogP contribution in [-0.4, -0.2) is 42.0 Å². The smallest absolute Gasteiger partial charge is 0.304 e. The maximum absolute atomic E-state index is 12.0. The van der Waals surface area contributed by atoms with Crippen LogP contribution in [-0.2, 0) is 9.59 Å². The number of benzene rings is 2. The Morgan fingerprint density at radius 1 is 1.17 bits per heavy atom. The molecule has 2 aromatic rings. The molecule has 0 aliphatic heterocycles. The van der Waals surface area contributed by atoms with Crippen LogP contribution in [0.5, 0.6) is 0 Å². The molecule has 5 heteroatoms. The molecular weight excluding hydrogens is 292 g/mol. The largest absolute Gasteiger partial charge is 0.481 e. The second-order valence-corrected chi connectivity index (χ2v) is 5.78.